The molecule has 0 saturated heterocycles. The molecule has 0 aromatic carbocycles. The van der Waals surface area contributed by atoms with Gasteiger partial charge in [0.2, 0.25) is 5.88 Å². The van der Waals surface area contributed by atoms with Crippen LogP contribution < -0.4 is 4.74 Å². The van der Waals surface area contributed by atoms with Crippen molar-refractivity contribution in [3.05, 3.63) is 23.9 Å². The first-order valence-electron chi connectivity index (χ1n) is 4.03. The van der Waals surface area contributed by atoms with E-state index in [4.69, 9.17) is 5.26 Å². The number of rotatable bonds is 2. The molecule has 1 aromatic heterocycles. The summed E-state index contributed by atoms with van der Waals surface area (Å²) in [7, 11) is 0. The average molecular weight is 216 g/mol. The van der Waals surface area contributed by atoms with Crippen LogP contribution in [0.5, 0.6) is 5.88 Å². The number of aromatic nitrogens is 1. The summed E-state index contributed by atoms with van der Waals surface area (Å²) in [6.07, 6.45) is -5.17. The van der Waals surface area contributed by atoms with E-state index in [1.807, 2.05) is 0 Å². The predicted octanol–water partition coefficient (Wildman–Crippen LogP) is 2.28. The highest BCUT2D eigenvalue weighted by molar-refractivity contribution is 5.31. The summed E-state index contributed by atoms with van der Waals surface area (Å²) in [5, 5.41) is 8.50. The second-order valence-corrected chi connectivity index (χ2v) is 2.80. The van der Waals surface area contributed by atoms with Crippen LogP contribution in [-0.2, 0) is 0 Å². The van der Waals surface area contributed by atoms with E-state index >= 15 is 0 Å². The van der Waals surface area contributed by atoms with E-state index in [-0.39, 0.29) is 11.4 Å². The molecular weight excluding hydrogens is 209 g/mol. The van der Waals surface area contributed by atoms with Gasteiger partial charge >= 0.3 is 6.18 Å². The number of pyridine rings is 1. The van der Waals surface area contributed by atoms with Crippen molar-refractivity contribution in [3.8, 4) is 11.9 Å². The highest BCUT2D eigenvalue weighted by Gasteiger charge is 2.38. The molecule has 0 bridgehead atoms. The van der Waals surface area contributed by atoms with Gasteiger partial charge in [0, 0.05) is 12.3 Å². The second kappa shape index (κ2) is 4.17. The van der Waals surface area contributed by atoms with Gasteiger partial charge in [0.05, 0.1) is 11.6 Å². The van der Waals surface area contributed by atoms with Crippen molar-refractivity contribution in [1.29, 1.82) is 5.26 Å². The minimum absolute atomic E-state index is 0.203. The summed E-state index contributed by atoms with van der Waals surface area (Å²) in [6.45, 7) is 0.876. The zero-order chi connectivity index (χ0) is 11.5. The maximum atomic E-state index is 12.1. The Morgan fingerprint density at radius 1 is 1.53 bits per heavy atom. The molecule has 6 heteroatoms. The lowest BCUT2D eigenvalue weighted by atomic mass is 10.3. The summed E-state index contributed by atoms with van der Waals surface area (Å²) in [4.78, 5) is 3.57. The maximum absolute atomic E-state index is 12.1. The third-order valence-corrected chi connectivity index (χ3v) is 1.62. The molecule has 1 rings (SSSR count). The molecule has 0 radical (unpaired) electrons. The van der Waals surface area contributed by atoms with Gasteiger partial charge in [0.1, 0.15) is 0 Å². The first kappa shape index (κ1) is 11.3. The van der Waals surface area contributed by atoms with Crippen LogP contribution in [0.3, 0.4) is 0 Å². The Kier molecular flexibility index (Phi) is 3.14. The number of nitrogens with zero attached hydrogens (tertiary/aromatic N) is 2. The minimum Gasteiger partial charge on any atom is -0.465 e. The molecule has 1 aromatic rings. The number of hydrogen-bond acceptors (Lipinski definition) is 3. The number of ether oxygens (including phenoxy) is 1. The highest BCUT2D eigenvalue weighted by atomic mass is 19.4. The smallest absolute Gasteiger partial charge is 0.425 e. The first-order chi connectivity index (χ1) is 6.93. The molecule has 0 aliphatic rings. The van der Waals surface area contributed by atoms with Gasteiger partial charge in [-0.3, -0.25) is 0 Å². The third kappa shape index (κ3) is 3.13. The van der Waals surface area contributed by atoms with Gasteiger partial charge in [0.15, 0.2) is 6.10 Å². The summed E-state index contributed by atoms with van der Waals surface area (Å²) in [5.74, 6) is -0.209. The Bertz CT molecular complexity index is 384. The number of hydrogen-bond donors (Lipinski definition) is 0. The minimum atomic E-state index is -4.44. The lowest BCUT2D eigenvalue weighted by Crippen LogP contribution is -2.31. The van der Waals surface area contributed by atoms with Gasteiger partial charge in [-0.05, 0) is 13.0 Å². The monoisotopic (exact) mass is 216 g/mol. The average Bonchev–Trinajstić information content (AvgIpc) is 2.16. The molecule has 0 unspecified atom stereocenters. The van der Waals surface area contributed by atoms with Gasteiger partial charge in [-0.15, -0.1) is 0 Å². The van der Waals surface area contributed by atoms with Crippen LogP contribution in [-0.4, -0.2) is 17.3 Å². The van der Waals surface area contributed by atoms with E-state index in [1.54, 1.807) is 6.07 Å². The van der Waals surface area contributed by atoms with Gasteiger partial charge in [-0.2, -0.15) is 18.4 Å². The van der Waals surface area contributed by atoms with Crippen LogP contribution in [0.4, 0.5) is 13.2 Å². The van der Waals surface area contributed by atoms with Crippen molar-refractivity contribution in [2.75, 3.05) is 0 Å². The van der Waals surface area contributed by atoms with Crippen LogP contribution in [0, 0.1) is 11.3 Å². The maximum Gasteiger partial charge on any atom is 0.425 e. The second-order valence-electron chi connectivity index (χ2n) is 2.80. The standard InChI is InChI=1S/C9H7F3N2O/c1-6(9(10,11)12)15-8-4-7(5-13)2-3-14-8/h2-4,6H,1H3/t6-/m1/s1. The lowest BCUT2D eigenvalue weighted by molar-refractivity contribution is -0.189. The summed E-state index contributed by atoms with van der Waals surface area (Å²) < 4.78 is 40.8. The van der Waals surface area contributed by atoms with E-state index in [9.17, 15) is 13.2 Å². The Morgan fingerprint density at radius 2 is 2.20 bits per heavy atom. The van der Waals surface area contributed by atoms with E-state index in [2.05, 4.69) is 9.72 Å². The molecule has 0 N–H and O–H groups in total. The molecule has 0 spiro atoms. The Hall–Kier alpha value is -1.77. The fourth-order valence-corrected chi connectivity index (χ4v) is 0.791. The van der Waals surface area contributed by atoms with Crippen molar-refractivity contribution < 1.29 is 17.9 Å². The molecule has 0 aliphatic heterocycles. The normalized spacial score (nSPS) is 13.0. The molecular formula is C9H7F3N2O. The fraction of sp³-hybridized carbons (Fsp3) is 0.333. The van der Waals surface area contributed by atoms with Gasteiger partial charge in [-0.25, -0.2) is 4.98 Å². The van der Waals surface area contributed by atoms with E-state index in [0.717, 1.165) is 13.0 Å². The Labute approximate surface area is 84.1 Å². The zero-order valence-electron chi connectivity index (χ0n) is 7.75. The summed E-state index contributed by atoms with van der Waals surface area (Å²) in [5.41, 5.74) is 0.203. The lowest BCUT2D eigenvalue weighted by Gasteiger charge is -2.16. The molecule has 15 heavy (non-hydrogen) atoms. The van der Waals surface area contributed by atoms with Crippen molar-refractivity contribution in [2.45, 2.75) is 19.2 Å². The topological polar surface area (TPSA) is 45.9 Å². The molecule has 1 atom stereocenters. The third-order valence-electron chi connectivity index (χ3n) is 1.62. The molecule has 0 fully saturated rings. The largest absolute Gasteiger partial charge is 0.465 e. The van der Waals surface area contributed by atoms with Crippen LogP contribution in [0.15, 0.2) is 18.3 Å². The SMILES string of the molecule is C[C@@H](Oc1cc(C#N)ccn1)C(F)(F)F. The number of nitriles is 1. The summed E-state index contributed by atoms with van der Waals surface area (Å²) >= 11 is 0. The molecule has 3 nitrogen and oxygen atoms in total. The van der Waals surface area contributed by atoms with Crippen LogP contribution in [0.2, 0.25) is 0 Å². The molecule has 1 heterocycles. The molecule has 80 valence electrons. The van der Waals surface area contributed by atoms with E-state index in [1.165, 1.54) is 12.3 Å². The fourth-order valence-electron chi connectivity index (χ4n) is 0.791. The number of alkyl halides is 3. The molecule has 0 saturated carbocycles. The highest BCUT2D eigenvalue weighted by Crippen LogP contribution is 2.23. The van der Waals surface area contributed by atoms with E-state index < -0.39 is 12.3 Å². The molecule has 0 amide bonds. The van der Waals surface area contributed by atoms with E-state index in [0.29, 0.717) is 0 Å². The van der Waals surface area contributed by atoms with Crippen molar-refractivity contribution in [3.63, 3.8) is 0 Å². The number of halogens is 3. The Morgan fingerprint density at radius 3 is 2.73 bits per heavy atom. The van der Waals surface area contributed by atoms with Crippen LogP contribution in [0.25, 0.3) is 0 Å². The van der Waals surface area contributed by atoms with Crippen molar-refractivity contribution in [1.82, 2.24) is 4.98 Å². The van der Waals surface area contributed by atoms with Crippen LogP contribution in [0.1, 0.15) is 12.5 Å². The van der Waals surface area contributed by atoms with Crippen LogP contribution >= 0.6 is 0 Å². The molecule has 0 aliphatic carbocycles. The quantitative estimate of drug-likeness (QED) is 0.761. The zero-order valence-corrected chi connectivity index (χ0v) is 7.75. The van der Waals surface area contributed by atoms with Gasteiger partial charge in [-0.1, -0.05) is 0 Å². The Balaban J connectivity index is 2.78. The van der Waals surface area contributed by atoms with Crippen molar-refractivity contribution >= 4 is 0 Å². The van der Waals surface area contributed by atoms with Gasteiger partial charge < -0.3 is 4.74 Å². The van der Waals surface area contributed by atoms with Gasteiger partial charge in [0.25, 0.3) is 0 Å². The summed E-state index contributed by atoms with van der Waals surface area (Å²) in [6, 6.07) is 4.31. The predicted molar refractivity (Wildman–Crippen MR) is 45.1 cm³/mol. The first-order valence-corrected chi connectivity index (χ1v) is 4.03. The van der Waals surface area contributed by atoms with Crippen molar-refractivity contribution in [2.24, 2.45) is 0 Å².